The predicted octanol–water partition coefficient (Wildman–Crippen LogP) is 10.4. The highest BCUT2D eigenvalue weighted by Crippen LogP contribution is 2.47. The number of hydrogen-bond acceptors (Lipinski definition) is 4. The van der Waals surface area contributed by atoms with Crippen molar-refractivity contribution in [3.05, 3.63) is 127 Å². The molecule has 0 saturated carbocycles. The van der Waals surface area contributed by atoms with Gasteiger partial charge in [-0.05, 0) is 77.9 Å². The van der Waals surface area contributed by atoms with E-state index in [1.54, 1.807) is 0 Å². The molecule has 0 aliphatic carbocycles. The van der Waals surface area contributed by atoms with Crippen LogP contribution in [-0.4, -0.2) is 10.4 Å². The van der Waals surface area contributed by atoms with Crippen molar-refractivity contribution in [2.45, 2.75) is 19.6 Å². The molecule has 1 aliphatic rings. The molecule has 0 fully saturated rings. The van der Waals surface area contributed by atoms with Gasteiger partial charge in [-0.1, -0.05) is 54.6 Å². The van der Waals surface area contributed by atoms with Crippen molar-refractivity contribution < 1.29 is 13.9 Å². The predicted molar refractivity (Wildman–Crippen MR) is 179 cm³/mol. The first-order valence-corrected chi connectivity index (χ1v) is 15.0. The van der Waals surface area contributed by atoms with Gasteiger partial charge in [0.05, 0.1) is 22.7 Å². The van der Waals surface area contributed by atoms with Crippen LogP contribution in [-0.2, 0) is 0 Å². The topological polar surface area (TPSA) is 60.3 Å². The molecule has 5 heteroatoms. The largest absolute Gasteiger partial charge is 0.456 e. The fraction of sp³-hybridized carbons (Fsp3) is 0.0750. The Morgan fingerprint density at radius 2 is 1.31 bits per heavy atom. The van der Waals surface area contributed by atoms with Crippen LogP contribution < -0.4 is 9.47 Å². The van der Waals surface area contributed by atoms with E-state index in [4.69, 9.17) is 13.9 Å². The van der Waals surface area contributed by atoms with Crippen LogP contribution in [0.1, 0.15) is 19.4 Å². The van der Waals surface area contributed by atoms with E-state index < -0.39 is 5.79 Å². The minimum Gasteiger partial charge on any atom is -0.456 e. The van der Waals surface area contributed by atoms with Crippen molar-refractivity contribution in [2.75, 3.05) is 0 Å². The third-order valence-electron chi connectivity index (χ3n) is 8.72. The summed E-state index contributed by atoms with van der Waals surface area (Å²) in [6.07, 6.45) is 0. The minimum atomic E-state index is -0.871. The van der Waals surface area contributed by atoms with E-state index in [9.17, 15) is 5.26 Å². The van der Waals surface area contributed by atoms with Gasteiger partial charge >= 0.3 is 0 Å². The molecule has 2 aromatic heterocycles. The molecule has 9 rings (SSSR count). The van der Waals surface area contributed by atoms with Crippen molar-refractivity contribution in [3.8, 4) is 45.5 Å². The van der Waals surface area contributed by atoms with Gasteiger partial charge in [0.15, 0.2) is 0 Å². The van der Waals surface area contributed by atoms with E-state index in [0.29, 0.717) is 5.56 Å². The Bertz CT molecular complexity index is 2540. The van der Waals surface area contributed by atoms with Crippen molar-refractivity contribution in [3.63, 3.8) is 0 Å². The molecule has 0 spiro atoms. The molecule has 5 nitrogen and oxygen atoms in total. The molecule has 0 amide bonds. The second-order valence-corrected chi connectivity index (χ2v) is 12.0. The molecule has 0 saturated heterocycles. The Balaban J connectivity index is 1.29. The van der Waals surface area contributed by atoms with Gasteiger partial charge in [-0.3, -0.25) is 0 Å². The number of furan rings is 1. The Morgan fingerprint density at radius 1 is 0.600 bits per heavy atom. The van der Waals surface area contributed by atoms with E-state index in [1.807, 2.05) is 86.6 Å². The Hall–Kier alpha value is -5.99. The van der Waals surface area contributed by atoms with Gasteiger partial charge in [0.25, 0.3) is 0 Å². The molecule has 0 unspecified atom stereocenters. The molecule has 8 aromatic rings. The van der Waals surface area contributed by atoms with E-state index in [0.717, 1.165) is 83.2 Å². The molecule has 0 radical (unpaired) electrons. The first-order chi connectivity index (χ1) is 22.0. The van der Waals surface area contributed by atoms with Crippen LogP contribution >= 0.6 is 0 Å². The zero-order valence-electron chi connectivity index (χ0n) is 24.7. The lowest BCUT2D eigenvalue weighted by molar-refractivity contribution is -0.0778. The number of para-hydroxylation sites is 2. The maximum Gasteiger partial charge on any atom is 0.245 e. The molecule has 214 valence electrons. The molecule has 45 heavy (non-hydrogen) atoms. The first kappa shape index (κ1) is 25.5. The number of ether oxygens (including phenoxy) is 2. The molecule has 0 bridgehead atoms. The average molecular weight is 583 g/mol. The van der Waals surface area contributed by atoms with Gasteiger partial charge in [0.1, 0.15) is 22.7 Å². The summed E-state index contributed by atoms with van der Waals surface area (Å²) >= 11 is 0. The second-order valence-electron chi connectivity index (χ2n) is 12.0. The summed E-state index contributed by atoms with van der Waals surface area (Å²) in [6.45, 7) is 3.87. The lowest BCUT2D eigenvalue weighted by Crippen LogP contribution is -2.34. The average Bonchev–Trinajstić information content (AvgIpc) is 3.57. The first-order valence-electron chi connectivity index (χ1n) is 15.0. The van der Waals surface area contributed by atoms with Crippen LogP contribution in [0.5, 0.6) is 11.5 Å². The number of fused-ring (bicyclic) bond motifs is 9. The van der Waals surface area contributed by atoms with Crippen LogP contribution in [0.4, 0.5) is 0 Å². The van der Waals surface area contributed by atoms with Crippen molar-refractivity contribution in [1.82, 2.24) is 4.57 Å². The van der Waals surface area contributed by atoms with Crippen molar-refractivity contribution in [1.29, 1.82) is 5.26 Å². The zero-order chi connectivity index (χ0) is 30.3. The summed E-state index contributed by atoms with van der Waals surface area (Å²) in [7, 11) is 0. The number of aromatic nitrogens is 1. The zero-order valence-corrected chi connectivity index (χ0v) is 24.7. The van der Waals surface area contributed by atoms with E-state index in [-0.39, 0.29) is 0 Å². The van der Waals surface area contributed by atoms with Crippen LogP contribution in [0.3, 0.4) is 0 Å². The SMILES string of the molecule is CC1(C)Oc2ccc(-c3cccc4oc5ccccc5c34)cc2-c2cc(-n3c4ccccc4c4cc(C#N)ccc43)ccc2O1. The van der Waals surface area contributed by atoms with Crippen LogP contribution in [0.25, 0.3) is 71.7 Å². The maximum atomic E-state index is 9.60. The summed E-state index contributed by atoms with van der Waals surface area (Å²) in [5, 5.41) is 13.9. The third kappa shape index (κ3) is 3.86. The van der Waals surface area contributed by atoms with Gasteiger partial charge in [0, 0.05) is 52.2 Å². The fourth-order valence-electron chi connectivity index (χ4n) is 6.84. The highest BCUT2D eigenvalue weighted by Gasteiger charge is 2.30. The van der Waals surface area contributed by atoms with E-state index >= 15 is 0 Å². The van der Waals surface area contributed by atoms with Crippen LogP contribution in [0, 0.1) is 11.3 Å². The highest BCUT2D eigenvalue weighted by atomic mass is 16.7. The van der Waals surface area contributed by atoms with Gasteiger partial charge < -0.3 is 18.5 Å². The second kappa shape index (κ2) is 9.25. The van der Waals surface area contributed by atoms with E-state index in [1.165, 1.54) is 0 Å². The highest BCUT2D eigenvalue weighted by molar-refractivity contribution is 6.13. The Kier molecular flexibility index (Phi) is 5.24. The molecular formula is C40H26N2O3. The third-order valence-corrected chi connectivity index (χ3v) is 8.72. The van der Waals surface area contributed by atoms with Gasteiger partial charge in [-0.2, -0.15) is 5.26 Å². The normalized spacial score (nSPS) is 13.6. The summed E-state index contributed by atoms with van der Waals surface area (Å²) < 4.78 is 21.4. The van der Waals surface area contributed by atoms with Gasteiger partial charge in [-0.15, -0.1) is 0 Å². The van der Waals surface area contributed by atoms with Crippen LogP contribution in [0.15, 0.2) is 126 Å². The molecule has 1 aliphatic heterocycles. The summed E-state index contributed by atoms with van der Waals surface area (Å²) in [4.78, 5) is 0. The quantitative estimate of drug-likeness (QED) is 0.203. The summed E-state index contributed by atoms with van der Waals surface area (Å²) in [5.41, 5.74) is 9.52. The number of nitriles is 1. The molecule has 6 aromatic carbocycles. The number of rotatable bonds is 2. The maximum absolute atomic E-state index is 9.60. The smallest absolute Gasteiger partial charge is 0.245 e. The molecular weight excluding hydrogens is 556 g/mol. The number of benzene rings is 6. The number of nitrogens with zero attached hydrogens (tertiary/aromatic N) is 2. The monoisotopic (exact) mass is 582 g/mol. The molecule has 0 atom stereocenters. The Labute approximate surface area is 259 Å². The van der Waals surface area contributed by atoms with Crippen molar-refractivity contribution >= 4 is 43.7 Å². The lowest BCUT2D eigenvalue weighted by Gasteiger charge is -2.25. The van der Waals surface area contributed by atoms with E-state index in [2.05, 4.69) is 59.2 Å². The minimum absolute atomic E-state index is 0.641. The fourth-order valence-corrected chi connectivity index (χ4v) is 6.84. The van der Waals surface area contributed by atoms with Gasteiger partial charge in [-0.25, -0.2) is 0 Å². The lowest BCUT2D eigenvalue weighted by atomic mass is 9.94. The Morgan fingerprint density at radius 3 is 2.16 bits per heavy atom. The summed E-state index contributed by atoms with van der Waals surface area (Å²) in [6, 6.07) is 43.5. The molecule has 0 N–H and O–H groups in total. The van der Waals surface area contributed by atoms with Crippen LogP contribution in [0.2, 0.25) is 0 Å². The van der Waals surface area contributed by atoms with Crippen molar-refractivity contribution in [2.24, 2.45) is 0 Å². The molecule has 3 heterocycles. The van der Waals surface area contributed by atoms with Gasteiger partial charge in [0.2, 0.25) is 5.79 Å². The number of hydrogen-bond donors (Lipinski definition) is 0. The summed E-state index contributed by atoms with van der Waals surface area (Å²) in [5.74, 6) is 0.633. The standard InChI is InChI=1S/C40H26N2O3/c1-40(2)44-36-18-15-25(27-10-7-13-38-39(27)29-9-4-6-12-35(29)43-38)21-31(36)32-22-26(16-19-37(32)45-40)42-33-11-5-3-8-28(33)30-20-24(23-41)14-17-34(30)42/h3-22H,1-2H3.